The predicted molar refractivity (Wildman–Crippen MR) is 173 cm³/mol. The van der Waals surface area contributed by atoms with E-state index in [0.29, 0.717) is 0 Å². The summed E-state index contributed by atoms with van der Waals surface area (Å²) < 4.78 is 13.0. The summed E-state index contributed by atoms with van der Waals surface area (Å²) in [7, 11) is 0. The molecule has 0 amide bonds. The molecular weight excluding hydrogens is 514 g/mol. The summed E-state index contributed by atoms with van der Waals surface area (Å²) in [6.07, 6.45) is 4.63. The van der Waals surface area contributed by atoms with Crippen molar-refractivity contribution in [2.75, 3.05) is 31.2 Å². The highest BCUT2D eigenvalue weighted by atomic mass is 16.5. The zero-order chi connectivity index (χ0) is 28.5. The van der Waals surface area contributed by atoms with E-state index in [4.69, 9.17) is 9.47 Å². The molecule has 5 aromatic rings. The maximum absolute atomic E-state index is 7.43. The van der Waals surface area contributed by atoms with E-state index in [1.807, 2.05) is 0 Å². The van der Waals surface area contributed by atoms with Crippen molar-refractivity contribution in [2.45, 2.75) is 31.8 Å². The van der Waals surface area contributed by atoms with Crippen molar-refractivity contribution in [3.05, 3.63) is 137 Å². The molecule has 1 fully saturated rings. The Balaban J connectivity index is 1.35. The van der Waals surface area contributed by atoms with Crippen molar-refractivity contribution in [1.82, 2.24) is 0 Å². The maximum Gasteiger partial charge on any atom is 0.178 e. The molecule has 42 heavy (non-hydrogen) atoms. The molecule has 5 aromatic carbocycles. The Morgan fingerprint density at radius 3 is 2.10 bits per heavy atom. The van der Waals surface area contributed by atoms with E-state index in [-0.39, 0.29) is 5.41 Å². The second-order valence-electron chi connectivity index (χ2n) is 12.4. The molecule has 0 aromatic heterocycles. The van der Waals surface area contributed by atoms with Gasteiger partial charge < -0.3 is 14.4 Å². The van der Waals surface area contributed by atoms with Crippen LogP contribution in [0.4, 0.5) is 5.69 Å². The van der Waals surface area contributed by atoms with Crippen molar-refractivity contribution in [3.8, 4) is 16.9 Å². The molecule has 3 aliphatic rings. The average molecular weight is 550 g/mol. The van der Waals surface area contributed by atoms with Crippen LogP contribution in [0.3, 0.4) is 0 Å². The van der Waals surface area contributed by atoms with Crippen LogP contribution in [0, 0.1) is 6.92 Å². The number of nitrogens with zero attached hydrogens (tertiary/aromatic N) is 1. The van der Waals surface area contributed by atoms with Gasteiger partial charge in [0, 0.05) is 46.3 Å². The summed E-state index contributed by atoms with van der Waals surface area (Å²) in [5.41, 5.74) is 10.4. The van der Waals surface area contributed by atoms with Gasteiger partial charge in [0.15, 0.2) is 5.60 Å². The van der Waals surface area contributed by atoms with Gasteiger partial charge in [-0.15, -0.1) is 0 Å². The fourth-order valence-corrected chi connectivity index (χ4v) is 7.42. The molecule has 0 saturated carbocycles. The van der Waals surface area contributed by atoms with E-state index in [0.717, 1.165) is 48.6 Å². The second-order valence-corrected chi connectivity index (χ2v) is 12.4. The number of anilines is 1. The van der Waals surface area contributed by atoms with E-state index in [2.05, 4.69) is 135 Å². The molecule has 0 radical (unpaired) electrons. The fourth-order valence-electron chi connectivity index (χ4n) is 7.42. The first-order chi connectivity index (χ1) is 20.5. The van der Waals surface area contributed by atoms with Gasteiger partial charge in [0.2, 0.25) is 0 Å². The highest BCUT2D eigenvalue weighted by molar-refractivity contribution is 6.08. The summed E-state index contributed by atoms with van der Waals surface area (Å²) in [4.78, 5) is 2.40. The zero-order valence-corrected chi connectivity index (χ0v) is 24.5. The third-order valence-electron chi connectivity index (χ3n) is 9.60. The summed E-state index contributed by atoms with van der Waals surface area (Å²) in [6.45, 7) is 10.2. The highest BCUT2D eigenvalue weighted by Crippen LogP contribution is 2.58. The monoisotopic (exact) mass is 549 g/mol. The lowest BCUT2D eigenvalue weighted by atomic mass is 9.76. The lowest BCUT2D eigenvalue weighted by molar-refractivity contribution is 0.122. The summed E-state index contributed by atoms with van der Waals surface area (Å²) in [5, 5.41) is 2.41. The van der Waals surface area contributed by atoms with Gasteiger partial charge in [0.1, 0.15) is 5.75 Å². The summed E-state index contributed by atoms with van der Waals surface area (Å²) in [6, 6.07) is 35.4. The molecule has 2 aliphatic heterocycles. The Labute approximate surface area is 248 Å². The minimum absolute atomic E-state index is 0.141. The van der Waals surface area contributed by atoms with Crippen molar-refractivity contribution < 1.29 is 9.47 Å². The highest BCUT2D eigenvalue weighted by Gasteiger charge is 2.44. The molecule has 3 heteroatoms. The van der Waals surface area contributed by atoms with Gasteiger partial charge in [-0.1, -0.05) is 110 Å². The minimum atomic E-state index is -0.753. The minimum Gasteiger partial charge on any atom is -0.472 e. The lowest BCUT2D eigenvalue weighted by Gasteiger charge is -2.39. The summed E-state index contributed by atoms with van der Waals surface area (Å²) >= 11 is 0. The molecule has 1 unspecified atom stereocenters. The standard InChI is InChI=1S/C39H35NO2/c1-26-12-14-27(15-13-26)39(28-16-18-29(19-17-28)40-22-24-41-25-23-40)21-20-33-36-35(30-8-4-5-9-31(30)37(33)42-39)32-10-6-7-11-34(32)38(36,2)3/h4-21H,22-25H2,1-3H3. The Kier molecular flexibility index (Phi) is 5.64. The first-order valence-corrected chi connectivity index (χ1v) is 15.0. The van der Waals surface area contributed by atoms with Crippen molar-refractivity contribution >= 4 is 22.5 Å². The van der Waals surface area contributed by atoms with E-state index in [9.17, 15) is 0 Å². The fraction of sp³-hybridized carbons (Fsp3) is 0.231. The average Bonchev–Trinajstić information content (AvgIpc) is 3.29. The maximum atomic E-state index is 7.43. The Hall–Kier alpha value is -4.34. The SMILES string of the molecule is Cc1ccc(C2(c3ccc(N4CCOCC4)cc3)C=Cc3c4c(c5ccccc5c3O2)-c2ccccc2C4(C)C)cc1. The number of fused-ring (bicyclic) bond motifs is 8. The molecular formula is C39H35NO2. The number of rotatable bonds is 3. The lowest BCUT2D eigenvalue weighted by Crippen LogP contribution is -2.37. The van der Waals surface area contributed by atoms with Crippen LogP contribution in [0.2, 0.25) is 0 Å². The Bertz CT molecular complexity index is 1860. The molecule has 8 rings (SSSR count). The second kappa shape index (κ2) is 9.34. The molecule has 0 spiro atoms. The van der Waals surface area contributed by atoms with Crippen molar-refractivity contribution in [1.29, 1.82) is 0 Å². The molecule has 0 bridgehead atoms. The van der Waals surface area contributed by atoms with E-state index in [1.54, 1.807) is 0 Å². The van der Waals surface area contributed by atoms with Gasteiger partial charge >= 0.3 is 0 Å². The number of ether oxygens (including phenoxy) is 2. The van der Waals surface area contributed by atoms with Gasteiger partial charge in [-0.05, 0) is 52.8 Å². The van der Waals surface area contributed by atoms with E-state index >= 15 is 0 Å². The predicted octanol–water partition coefficient (Wildman–Crippen LogP) is 8.64. The van der Waals surface area contributed by atoms with Crippen LogP contribution in [0.15, 0.2) is 103 Å². The number of hydrogen-bond donors (Lipinski definition) is 0. The number of hydrogen-bond acceptors (Lipinski definition) is 3. The van der Waals surface area contributed by atoms with Crippen LogP contribution in [-0.4, -0.2) is 26.3 Å². The van der Waals surface area contributed by atoms with Gasteiger partial charge in [-0.3, -0.25) is 0 Å². The molecule has 1 saturated heterocycles. The summed E-state index contributed by atoms with van der Waals surface area (Å²) in [5.74, 6) is 0.963. The molecule has 3 nitrogen and oxygen atoms in total. The van der Waals surface area contributed by atoms with Crippen LogP contribution in [0.1, 0.15) is 47.2 Å². The van der Waals surface area contributed by atoms with Crippen LogP contribution in [0.25, 0.3) is 28.0 Å². The quantitative estimate of drug-likeness (QED) is 0.225. The van der Waals surface area contributed by atoms with Gasteiger partial charge in [0.05, 0.1) is 13.2 Å². The van der Waals surface area contributed by atoms with E-state index < -0.39 is 5.60 Å². The van der Waals surface area contributed by atoms with Crippen LogP contribution in [0.5, 0.6) is 5.75 Å². The Morgan fingerprint density at radius 2 is 1.36 bits per heavy atom. The number of aryl methyl sites for hydroxylation is 1. The molecule has 2 heterocycles. The topological polar surface area (TPSA) is 21.7 Å². The van der Waals surface area contributed by atoms with Gasteiger partial charge in [-0.25, -0.2) is 0 Å². The molecule has 1 atom stereocenters. The van der Waals surface area contributed by atoms with Gasteiger partial charge in [-0.2, -0.15) is 0 Å². The molecule has 1 aliphatic carbocycles. The van der Waals surface area contributed by atoms with E-state index in [1.165, 1.54) is 44.5 Å². The zero-order valence-electron chi connectivity index (χ0n) is 24.5. The molecule has 208 valence electrons. The largest absolute Gasteiger partial charge is 0.472 e. The molecule has 0 N–H and O–H groups in total. The van der Waals surface area contributed by atoms with Crippen LogP contribution in [-0.2, 0) is 15.8 Å². The van der Waals surface area contributed by atoms with Crippen LogP contribution < -0.4 is 9.64 Å². The third kappa shape index (κ3) is 3.63. The van der Waals surface area contributed by atoms with Crippen molar-refractivity contribution in [2.24, 2.45) is 0 Å². The van der Waals surface area contributed by atoms with Crippen LogP contribution >= 0.6 is 0 Å². The smallest absolute Gasteiger partial charge is 0.178 e. The number of benzene rings is 5. The first kappa shape index (κ1) is 25.4. The third-order valence-corrected chi connectivity index (χ3v) is 9.60. The number of morpholine rings is 1. The Morgan fingerprint density at radius 1 is 0.714 bits per heavy atom. The van der Waals surface area contributed by atoms with Gasteiger partial charge in [0.25, 0.3) is 0 Å². The first-order valence-electron chi connectivity index (χ1n) is 15.0. The normalized spacial score (nSPS) is 20.1. The van der Waals surface area contributed by atoms with Crippen molar-refractivity contribution in [3.63, 3.8) is 0 Å².